The molecule has 0 bridgehead atoms. The highest BCUT2D eigenvalue weighted by molar-refractivity contribution is 5.78. The maximum atomic E-state index is 12.2. The molecular weight excluding hydrogens is 250 g/mol. The maximum absolute atomic E-state index is 12.2. The van der Waals surface area contributed by atoms with Crippen molar-refractivity contribution in [2.75, 3.05) is 26.2 Å². The average molecular weight is 279 g/mol. The molecule has 2 aliphatic heterocycles. The van der Waals surface area contributed by atoms with Crippen LogP contribution in [0, 0.1) is 5.92 Å². The summed E-state index contributed by atoms with van der Waals surface area (Å²) in [6.07, 6.45) is 10.2. The second kappa shape index (κ2) is 6.90. The lowest BCUT2D eigenvalue weighted by molar-refractivity contribution is -0.131. The zero-order valence-corrected chi connectivity index (χ0v) is 12.6. The fourth-order valence-electron chi connectivity index (χ4n) is 4.27. The van der Waals surface area contributed by atoms with Crippen LogP contribution >= 0.6 is 0 Å². The molecule has 1 saturated carbocycles. The summed E-state index contributed by atoms with van der Waals surface area (Å²) in [7, 11) is 0. The van der Waals surface area contributed by atoms with Gasteiger partial charge in [-0.15, -0.1) is 0 Å². The summed E-state index contributed by atoms with van der Waals surface area (Å²) >= 11 is 0. The number of rotatable bonds is 4. The minimum Gasteiger partial charge on any atom is -0.342 e. The highest BCUT2D eigenvalue weighted by atomic mass is 16.2. The molecule has 3 fully saturated rings. The number of piperidine rings is 1. The normalized spacial score (nSPS) is 34.6. The van der Waals surface area contributed by atoms with Crippen molar-refractivity contribution in [1.29, 1.82) is 0 Å². The van der Waals surface area contributed by atoms with Crippen LogP contribution in [0.3, 0.4) is 0 Å². The van der Waals surface area contributed by atoms with E-state index in [9.17, 15) is 4.79 Å². The second-order valence-corrected chi connectivity index (χ2v) is 6.73. The molecule has 4 nitrogen and oxygen atoms in total. The van der Waals surface area contributed by atoms with E-state index in [0.29, 0.717) is 24.5 Å². The third-order valence-electron chi connectivity index (χ3n) is 5.41. The quantitative estimate of drug-likeness (QED) is 0.820. The van der Waals surface area contributed by atoms with Crippen molar-refractivity contribution in [2.24, 2.45) is 5.92 Å². The van der Waals surface area contributed by atoms with Crippen LogP contribution in [0.1, 0.15) is 51.4 Å². The molecule has 0 aromatic heterocycles. The first-order valence-electron chi connectivity index (χ1n) is 8.59. The van der Waals surface area contributed by atoms with Gasteiger partial charge >= 0.3 is 0 Å². The molecule has 1 amide bonds. The van der Waals surface area contributed by atoms with Crippen molar-refractivity contribution in [2.45, 2.75) is 63.5 Å². The fourth-order valence-corrected chi connectivity index (χ4v) is 4.27. The monoisotopic (exact) mass is 279 g/mol. The van der Waals surface area contributed by atoms with Crippen molar-refractivity contribution in [3.63, 3.8) is 0 Å². The van der Waals surface area contributed by atoms with Gasteiger partial charge in [-0.1, -0.05) is 6.42 Å². The molecule has 0 radical (unpaired) electrons. The smallest absolute Gasteiger partial charge is 0.236 e. The van der Waals surface area contributed by atoms with Gasteiger partial charge in [0.25, 0.3) is 0 Å². The van der Waals surface area contributed by atoms with Crippen LogP contribution in [0.15, 0.2) is 0 Å². The molecule has 2 saturated heterocycles. The molecule has 3 rings (SSSR count). The van der Waals surface area contributed by atoms with E-state index >= 15 is 0 Å². The van der Waals surface area contributed by atoms with Crippen molar-refractivity contribution in [3.05, 3.63) is 0 Å². The Morgan fingerprint density at radius 1 is 1.05 bits per heavy atom. The van der Waals surface area contributed by atoms with Crippen LogP contribution in [0.5, 0.6) is 0 Å². The number of hydrogen-bond donors (Lipinski definition) is 2. The molecule has 3 unspecified atom stereocenters. The van der Waals surface area contributed by atoms with Gasteiger partial charge in [-0.25, -0.2) is 0 Å². The molecule has 4 heteroatoms. The minimum absolute atomic E-state index is 0.315. The summed E-state index contributed by atoms with van der Waals surface area (Å²) < 4.78 is 0. The molecule has 20 heavy (non-hydrogen) atoms. The Hall–Kier alpha value is -0.610. The molecule has 3 atom stereocenters. The fraction of sp³-hybridized carbons (Fsp3) is 0.938. The SMILES string of the molecule is O=C(CNC1CCCC1C1CCCN1)N1CCCCC1. The zero-order chi connectivity index (χ0) is 13.8. The average Bonchev–Trinajstić information content (AvgIpc) is 3.16. The predicted octanol–water partition coefficient (Wildman–Crippen LogP) is 1.51. The van der Waals surface area contributed by atoms with Crippen molar-refractivity contribution in [1.82, 2.24) is 15.5 Å². The van der Waals surface area contributed by atoms with Gasteiger partial charge in [0, 0.05) is 25.2 Å². The van der Waals surface area contributed by atoms with Crippen LogP contribution in [-0.4, -0.2) is 49.1 Å². The first kappa shape index (κ1) is 14.3. The molecule has 0 aromatic rings. The lowest BCUT2D eigenvalue weighted by Crippen LogP contribution is -2.47. The molecule has 2 N–H and O–H groups in total. The Morgan fingerprint density at radius 3 is 2.65 bits per heavy atom. The Kier molecular flexibility index (Phi) is 4.94. The predicted molar refractivity (Wildman–Crippen MR) is 80.6 cm³/mol. The molecule has 1 aliphatic carbocycles. The summed E-state index contributed by atoms with van der Waals surface area (Å²) in [6, 6.07) is 1.25. The van der Waals surface area contributed by atoms with Gasteiger partial charge in [0.05, 0.1) is 6.54 Å². The van der Waals surface area contributed by atoms with Gasteiger partial charge in [0.15, 0.2) is 0 Å². The number of nitrogens with zero attached hydrogens (tertiary/aromatic N) is 1. The number of hydrogen-bond acceptors (Lipinski definition) is 3. The zero-order valence-electron chi connectivity index (χ0n) is 12.6. The second-order valence-electron chi connectivity index (χ2n) is 6.73. The molecule has 0 aromatic carbocycles. The summed E-state index contributed by atoms with van der Waals surface area (Å²) in [6.45, 7) is 3.67. The van der Waals surface area contributed by atoms with E-state index in [2.05, 4.69) is 10.6 Å². The van der Waals surface area contributed by atoms with E-state index < -0.39 is 0 Å². The van der Waals surface area contributed by atoms with E-state index in [1.165, 1.54) is 57.9 Å². The van der Waals surface area contributed by atoms with Crippen LogP contribution in [0.4, 0.5) is 0 Å². The van der Waals surface area contributed by atoms with E-state index in [1.54, 1.807) is 0 Å². The topological polar surface area (TPSA) is 44.4 Å². The number of amides is 1. The van der Waals surface area contributed by atoms with Gasteiger partial charge < -0.3 is 15.5 Å². The largest absolute Gasteiger partial charge is 0.342 e. The Labute approximate surface area is 122 Å². The summed E-state index contributed by atoms with van der Waals surface area (Å²) in [5, 5.41) is 7.22. The van der Waals surface area contributed by atoms with Gasteiger partial charge in [0.2, 0.25) is 5.91 Å². The number of carbonyl (C=O) groups is 1. The standard InChI is InChI=1S/C16H29N3O/c20-16(19-10-2-1-3-11-19)12-18-15-7-4-6-13(15)14-8-5-9-17-14/h13-15,17-18H,1-12H2. The van der Waals surface area contributed by atoms with Gasteiger partial charge in [0.1, 0.15) is 0 Å². The number of nitrogens with one attached hydrogen (secondary N) is 2. The number of likely N-dealkylation sites (tertiary alicyclic amines) is 1. The van der Waals surface area contributed by atoms with E-state index in [0.717, 1.165) is 19.0 Å². The first-order valence-corrected chi connectivity index (χ1v) is 8.59. The van der Waals surface area contributed by atoms with Crippen LogP contribution in [0.25, 0.3) is 0 Å². The molecule has 2 heterocycles. The van der Waals surface area contributed by atoms with Crippen molar-refractivity contribution in [3.8, 4) is 0 Å². The molecule has 114 valence electrons. The maximum Gasteiger partial charge on any atom is 0.236 e. The number of carbonyl (C=O) groups excluding carboxylic acids is 1. The molecule has 3 aliphatic rings. The molecular formula is C16H29N3O. The lowest BCUT2D eigenvalue weighted by atomic mass is 9.93. The highest BCUT2D eigenvalue weighted by Gasteiger charge is 2.35. The summed E-state index contributed by atoms with van der Waals surface area (Å²) in [5.41, 5.74) is 0. The Bertz CT molecular complexity index is 322. The van der Waals surface area contributed by atoms with E-state index in [-0.39, 0.29) is 0 Å². The third-order valence-corrected chi connectivity index (χ3v) is 5.41. The Morgan fingerprint density at radius 2 is 1.90 bits per heavy atom. The van der Waals surface area contributed by atoms with Gasteiger partial charge in [-0.05, 0) is 57.4 Å². The van der Waals surface area contributed by atoms with Crippen LogP contribution < -0.4 is 10.6 Å². The third kappa shape index (κ3) is 3.34. The van der Waals surface area contributed by atoms with Crippen LogP contribution in [-0.2, 0) is 4.79 Å². The first-order chi connectivity index (χ1) is 9.84. The lowest BCUT2D eigenvalue weighted by Gasteiger charge is -2.29. The van der Waals surface area contributed by atoms with Crippen molar-refractivity contribution >= 4 is 5.91 Å². The summed E-state index contributed by atoms with van der Waals surface area (Å²) in [4.78, 5) is 14.3. The Balaban J connectivity index is 1.45. The van der Waals surface area contributed by atoms with Crippen molar-refractivity contribution < 1.29 is 4.79 Å². The van der Waals surface area contributed by atoms with Crippen LogP contribution in [0.2, 0.25) is 0 Å². The summed E-state index contributed by atoms with van der Waals surface area (Å²) in [5.74, 6) is 1.06. The van der Waals surface area contributed by atoms with Gasteiger partial charge in [-0.3, -0.25) is 4.79 Å². The van der Waals surface area contributed by atoms with E-state index in [4.69, 9.17) is 0 Å². The minimum atomic E-state index is 0.315. The van der Waals surface area contributed by atoms with Gasteiger partial charge in [-0.2, -0.15) is 0 Å². The van der Waals surface area contributed by atoms with E-state index in [1.807, 2.05) is 4.90 Å². The highest BCUT2D eigenvalue weighted by Crippen LogP contribution is 2.31. The molecule has 0 spiro atoms.